The Balaban J connectivity index is 2.06. The lowest BCUT2D eigenvalue weighted by molar-refractivity contribution is 0.0697. The third-order valence-electron chi connectivity index (χ3n) is 3.03. The fraction of sp³-hybridized carbons (Fsp3) is 0.235. The molecule has 2 N–H and O–H groups in total. The topological polar surface area (TPSA) is 58.6 Å². The minimum atomic E-state index is -0.926. The summed E-state index contributed by atoms with van der Waals surface area (Å²) in [6.07, 6.45) is 0.961. The summed E-state index contributed by atoms with van der Waals surface area (Å²) in [6, 6.07) is 14.6. The maximum Gasteiger partial charge on any atom is 0.335 e. The summed E-state index contributed by atoms with van der Waals surface area (Å²) in [6.45, 7) is 3.34. The number of ether oxygens (including phenoxy) is 1. The van der Waals surface area contributed by atoms with Crippen LogP contribution in [0.25, 0.3) is 0 Å². The van der Waals surface area contributed by atoms with Crippen molar-refractivity contribution in [2.24, 2.45) is 0 Å². The Morgan fingerprint density at radius 1 is 1.19 bits per heavy atom. The van der Waals surface area contributed by atoms with Crippen molar-refractivity contribution >= 4 is 11.7 Å². The SMILES string of the molecule is CCCOc1ccccc1CNc1cccc(C(=O)O)c1. The highest BCUT2D eigenvalue weighted by atomic mass is 16.5. The van der Waals surface area contributed by atoms with E-state index >= 15 is 0 Å². The molecule has 0 fully saturated rings. The number of benzene rings is 2. The van der Waals surface area contributed by atoms with Gasteiger partial charge in [0.15, 0.2) is 0 Å². The van der Waals surface area contributed by atoms with E-state index < -0.39 is 5.97 Å². The molecule has 0 aliphatic heterocycles. The molecule has 0 aliphatic rings. The van der Waals surface area contributed by atoms with Crippen molar-refractivity contribution in [3.63, 3.8) is 0 Å². The predicted molar refractivity (Wildman–Crippen MR) is 83.0 cm³/mol. The fourth-order valence-corrected chi connectivity index (χ4v) is 1.96. The summed E-state index contributed by atoms with van der Waals surface area (Å²) < 4.78 is 5.70. The Morgan fingerprint density at radius 2 is 2.00 bits per heavy atom. The van der Waals surface area contributed by atoms with Gasteiger partial charge in [-0.05, 0) is 30.7 Å². The van der Waals surface area contributed by atoms with Gasteiger partial charge in [0, 0.05) is 17.8 Å². The van der Waals surface area contributed by atoms with Crippen LogP contribution in [0, 0.1) is 0 Å². The monoisotopic (exact) mass is 285 g/mol. The average Bonchev–Trinajstić information content (AvgIpc) is 2.52. The molecule has 110 valence electrons. The molecular weight excluding hydrogens is 266 g/mol. The number of hydrogen-bond acceptors (Lipinski definition) is 3. The number of aromatic carboxylic acids is 1. The first-order valence-electron chi connectivity index (χ1n) is 6.98. The molecule has 0 bridgehead atoms. The Kier molecular flexibility index (Phi) is 5.21. The third-order valence-corrected chi connectivity index (χ3v) is 3.03. The lowest BCUT2D eigenvalue weighted by Crippen LogP contribution is -2.05. The molecular formula is C17H19NO3. The highest BCUT2D eigenvalue weighted by Crippen LogP contribution is 2.20. The molecule has 0 unspecified atom stereocenters. The third kappa shape index (κ3) is 4.24. The van der Waals surface area contributed by atoms with Gasteiger partial charge in [-0.15, -0.1) is 0 Å². The Bertz CT molecular complexity index is 610. The van der Waals surface area contributed by atoms with E-state index in [-0.39, 0.29) is 5.56 Å². The van der Waals surface area contributed by atoms with Crippen LogP contribution >= 0.6 is 0 Å². The maximum absolute atomic E-state index is 11.0. The normalized spacial score (nSPS) is 10.1. The van der Waals surface area contributed by atoms with Crippen LogP contribution in [0.5, 0.6) is 5.75 Å². The molecule has 0 atom stereocenters. The quantitative estimate of drug-likeness (QED) is 0.812. The summed E-state index contributed by atoms with van der Waals surface area (Å²) >= 11 is 0. The van der Waals surface area contributed by atoms with Crippen LogP contribution in [0.3, 0.4) is 0 Å². The minimum absolute atomic E-state index is 0.274. The number of carboxylic acids is 1. The first kappa shape index (κ1) is 14.9. The van der Waals surface area contributed by atoms with Crippen molar-refractivity contribution in [2.45, 2.75) is 19.9 Å². The van der Waals surface area contributed by atoms with Crippen molar-refractivity contribution in [3.05, 3.63) is 59.7 Å². The van der Waals surface area contributed by atoms with Crippen LogP contribution in [0.15, 0.2) is 48.5 Å². The zero-order chi connectivity index (χ0) is 15.1. The molecule has 0 aliphatic carbocycles. The second-order valence-electron chi connectivity index (χ2n) is 4.70. The lowest BCUT2D eigenvalue weighted by Gasteiger charge is -2.12. The summed E-state index contributed by atoms with van der Waals surface area (Å²) in [5, 5.41) is 12.2. The standard InChI is InChI=1S/C17H19NO3/c1-2-10-21-16-9-4-3-6-14(16)12-18-15-8-5-7-13(11-15)17(19)20/h3-9,11,18H,2,10,12H2,1H3,(H,19,20). The molecule has 2 aromatic rings. The van der Waals surface area contributed by atoms with Gasteiger partial charge in [-0.3, -0.25) is 0 Å². The van der Waals surface area contributed by atoms with Crippen molar-refractivity contribution in [1.82, 2.24) is 0 Å². The van der Waals surface area contributed by atoms with Gasteiger partial charge >= 0.3 is 5.97 Å². The summed E-state index contributed by atoms with van der Waals surface area (Å²) in [7, 11) is 0. The van der Waals surface area contributed by atoms with Gasteiger partial charge in [0.2, 0.25) is 0 Å². The van der Waals surface area contributed by atoms with Gasteiger partial charge in [-0.25, -0.2) is 4.79 Å². The number of anilines is 1. The van der Waals surface area contributed by atoms with Gasteiger partial charge in [0.25, 0.3) is 0 Å². The van der Waals surface area contributed by atoms with Crippen molar-refractivity contribution < 1.29 is 14.6 Å². The molecule has 4 heteroatoms. The number of hydrogen-bond donors (Lipinski definition) is 2. The zero-order valence-electron chi connectivity index (χ0n) is 12.0. The number of para-hydroxylation sites is 1. The van der Waals surface area contributed by atoms with Gasteiger partial charge in [0.05, 0.1) is 12.2 Å². The molecule has 0 heterocycles. The van der Waals surface area contributed by atoms with E-state index in [2.05, 4.69) is 12.2 Å². The lowest BCUT2D eigenvalue weighted by atomic mass is 10.1. The van der Waals surface area contributed by atoms with Crippen LogP contribution in [0.2, 0.25) is 0 Å². The van der Waals surface area contributed by atoms with Crippen LogP contribution in [0.4, 0.5) is 5.69 Å². The molecule has 2 aromatic carbocycles. The van der Waals surface area contributed by atoms with Crippen molar-refractivity contribution in [3.8, 4) is 5.75 Å². The Morgan fingerprint density at radius 3 is 2.76 bits per heavy atom. The number of carbonyl (C=O) groups is 1. The number of carboxylic acid groups (broad SMARTS) is 1. The smallest absolute Gasteiger partial charge is 0.335 e. The van der Waals surface area contributed by atoms with E-state index in [1.165, 1.54) is 0 Å². The van der Waals surface area contributed by atoms with E-state index in [0.717, 1.165) is 23.4 Å². The van der Waals surface area contributed by atoms with Crippen LogP contribution in [0.1, 0.15) is 29.3 Å². The second kappa shape index (κ2) is 7.33. The van der Waals surface area contributed by atoms with E-state index in [9.17, 15) is 4.79 Å². The number of nitrogens with one attached hydrogen (secondary N) is 1. The fourth-order valence-electron chi connectivity index (χ4n) is 1.96. The molecule has 0 radical (unpaired) electrons. The van der Waals surface area contributed by atoms with Gasteiger partial charge in [0.1, 0.15) is 5.75 Å². The molecule has 4 nitrogen and oxygen atoms in total. The number of rotatable bonds is 7. The van der Waals surface area contributed by atoms with Crippen molar-refractivity contribution in [1.29, 1.82) is 0 Å². The highest BCUT2D eigenvalue weighted by molar-refractivity contribution is 5.88. The molecule has 0 saturated heterocycles. The van der Waals surface area contributed by atoms with Gasteiger partial charge in [-0.2, -0.15) is 0 Å². The minimum Gasteiger partial charge on any atom is -0.493 e. The molecule has 0 spiro atoms. The summed E-state index contributed by atoms with van der Waals surface area (Å²) in [5.41, 5.74) is 2.10. The van der Waals surface area contributed by atoms with E-state index in [1.54, 1.807) is 18.2 Å². The molecule has 0 saturated carbocycles. The maximum atomic E-state index is 11.0. The predicted octanol–water partition coefficient (Wildman–Crippen LogP) is 3.79. The molecule has 21 heavy (non-hydrogen) atoms. The average molecular weight is 285 g/mol. The van der Waals surface area contributed by atoms with Crippen LogP contribution in [-0.4, -0.2) is 17.7 Å². The molecule has 0 aromatic heterocycles. The van der Waals surface area contributed by atoms with E-state index in [4.69, 9.17) is 9.84 Å². The highest BCUT2D eigenvalue weighted by Gasteiger charge is 2.05. The zero-order valence-corrected chi connectivity index (χ0v) is 12.0. The first-order chi connectivity index (χ1) is 10.2. The Hall–Kier alpha value is -2.49. The van der Waals surface area contributed by atoms with Gasteiger partial charge < -0.3 is 15.2 Å². The summed E-state index contributed by atoms with van der Waals surface area (Å²) in [5.74, 6) is -0.0634. The second-order valence-corrected chi connectivity index (χ2v) is 4.70. The van der Waals surface area contributed by atoms with Crippen LogP contribution < -0.4 is 10.1 Å². The first-order valence-corrected chi connectivity index (χ1v) is 6.98. The van der Waals surface area contributed by atoms with Crippen LogP contribution in [-0.2, 0) is 6.54 Å². The van der Waals surface area contributed by atoms with E-state index in [1.807, 2.05) is 30.3 Å². The van der Waals surface area contributed by atoms with Crippen molar-refractivity contribution in [2.75, 3.05) is 11.9 Å². The summed E-state index contributed by atoms with van der Waals surface area (Å²) in [4.78, 5) is 11.0. The molecule has 0 amide bonds. The Labute approximate surface area is 124 Å². The largest absolute Gasteiger partial charge is 0.493 e. The van der Waals surface area contributed by atoms with E-state index in [0.29, 0.717) is 13.2 Å². The van der Waals surface area contributed by atoms with Gasteiger partial charge in [-0.1, -0.05) is 31.2 Å². The molecule has 2 rings (SSSR count).